The van der Waals surface area contributed by atoms with Gasteiger partial charge in [0.05, 0.1) is 5.56 Å². The summed E-state index contributed by atoms with van der Waals surface area (Å²) in [6, 6.07) is 4.00. The summed E-state index contributed by atoms with van der Waals surface area (Å²) in [4.78, 5) is 0. The molecule has 1 aliphatic carbocycles. The van der Waals surface area contributed by atoms with Crippen LogP contribution in [0, 0.1) is 5.41 Å². The van der Waals surface area contributed by atoms with Crippen molar-refractivity contribution in [3.8, 4) is 0 Å². The van der Waals surface area contributed by atoms with Crippen molar-refractivity contribution in [3.63, 3.8) is 0 Å². The summed E-state index contributed by atoms with van der Waals surface area (Å²) >= 11 is 5.68. The van der Waals surface area contributed by atoms with E-state index in [-0.39, 0.29) is 16.8 Å². The van der Waals surface area contributed by atoms with Crippen LogP contribution in [0.4, 0.5) is 18.9 Å². The highest BCUT2D eigenvalue weighted by atomic mass is 35.5. The second-order valence-electron chi connectivity index (χ2n) is 6.27. The number of alkyl halides is 3. The van der Waals surface area contributed by atoms with Gasteiger partial charge >= 0.3 is 6.18 Å². The molecule has 0 heterocycles. The summed E-state index contributed by atoms with van der Waals surface area (Å²) < 4.78 is 39.0. The lowest BCUT2D eigenvalue weighted by Gasteiger charge is -2.35. The molecule has 0 bridgehead atoms. The van der Waals surface area contributed by atoms with Crippen molar-refractivity contribution < 1.29 is 13.2 Å². The van der Waals surface area contributed by atoms with Crippen molar-refractivity contribution in [3.05, 3.63) is 28.8 Å². The van der Waals surface area contributed by atoms with E-state index in [1.807, 2.05) is 0 Å². The summed E-state index contributed by atoms with van der Waals surface area (Å²) in [7, 11) is 0. The lowest BCUT2D eigenvalue weighted by molar-refractivity contribution is -0.137. The summed E-state index contributed by atoms with van der Waals surface area (Å²) in [5.41, 5.74) is -0.258. The summed E-state index contributed by atoms with van der Waals surface area (Å²) in [5, 5.41) is 3.15. The zero-order valence-corrected chi connectivity index (χ0v) is 12.4. The van der Waals surface area contributed by atoms with E-state index in [2.05, 4.69) is 19.2 Å². The normalized spacial score (nSPS) is 19.9. The highest BCUT2D eigenvalue weighted by Gasteiger charge is 2.35. The Labute approximate surface area is 122 Å². The van der Waals surface area contributed by atoms with Gasteiger partial charge < -0.3 is 5.32 Å². The minimum atomic E-state index is -4.39. The van der Waals surface area contributed by atoms with Gasteiger partial charge in [0.15, 0.2) is 0 Å². The number of halogens is 4. The largest absolute Gasteiger partial charge is 0.418 e. The van der Waals surface area contributed by atoms with Crippen LogP contribution in [0.15, 0.2) is 18.2 Å². The smallest absolute Gasteiger partial charge is 0.382 e. The molecule has 112 valence electrons. The fraction of sp³-hybridized carbons (Fsp3) is 0.600. The van der Waals surface area contributed by atoms with Gasteiger partial charge in [0.1, 0.15) is 0 Å². The SMILES string of the molecule is CC1(C)CCC(Nc2ccc(Cl)cc2C(F)(F)F)CC1. The third-order valence-corrected chi connectivity index (χ3v) is 4.22. The van der Waals surface area contributed by atoms with Crippen molar-refractivity contribution in [2.75, 3.05) is 5.32 Å². The zero-order valence-electron chi connectivity index (χ0n) is 11.6. The van der Waals surface area contributed by atoms with Gasteiger partial charge in [0, 0.05) is 16.8 Å². The number of benzene rings is 1. The van der Waals surface area contributed by atoms with E-state index in [9.17, 15) is 13.2 Å². The monoisotopic (exact) mass is 305 g/mol. The van der Waals surface area contributed by atoms with E-state index in [0.717, 1.165) is 31.7 Å². The molecule has 0 amide bonds. The Morgan fingerprint density at radius 2 is 1.80 bits per heavy atom. The minimum absolute atomic E-state index is 0.102. The minimum Gasteiger partial charge on any atom is -0.382 e. The third kappa shape index (κ3) is 3.81. The van der Waals surface area contributed by atoms with Crippen molar-refractivity contribution >= 4 is 17.3 Å². The number of hydrogen-bond acceptors (Lipinski definition) is 1. The van der Waals surface area contributed by atoms with E-state index in [1.54, 1.807) is 0 Å². The maximum Gasteiger partial charge on any atom is 0.418 e. The molecule has 20 heavy (non-hydrogen) atoms. The Morgan fingerprint density at radius 1 is 1.20 bits per heavy atom. The molecule has 0 saturated heterocycles. The Bertz CT molecular complexity index is 472. The van der Waals surface area contributed by atoms with Crippen LogP contribution in [-0.2, 0) is 6.18 Å². The summed E-state index contributed by atoms with van der Waals surface area (Å²) in [6.07, 6.45) is -0.541. The predicted molar refractivity (Wildman–Crippen MR) is 76.1 cm³/mol. The van der Waals surface area contributed by atoms with Gasteiger partial charge in [-0.2, -0.15) is 13.2 Å². The van der Waals surface area contributed by atoms with E-state index in [1.165, 1.54) is 12.1 Å². The molecule has 1 aromatic rings. The third-order valence-electron chi connectivity index (χ3n) is 3.99. The van der Waals surface area contributed by atoms with Crippen molar-refractivity contribution in [2.24, 2.45) is 5.41 Å². The molecule has 0 aromatic heterocycles. The lowest BCUT2D eigenvalue weighted by Crippen LogP contribution is -2.30. The second kappa shape index (κ2) is 5.47. The molecule has 1 aromatic carbocycles. The van der Waals surface area contributed by atoms with Crippen molar-refractivity contribution in [2.45, 2.75) is 51.7 Å². The van der Waals surface area contributed by atoms with E-state index < -0.39 is 11.7 Å². The molecule has 1 N–H and O–H groups in total. The lowest BCUT2D eigenvalue weighted by atomic mass is 9.75. The zero-order chi connectivity index (χ0) is 15.0. The Morgan fingerprint density at radius 3 is 2.35 bits per heavy atom. The fourth-order valence-electron chi connectivity index (χ4n) is 2.64. The highest BCUT2D eigenvalue weighted by Crippen LogP contribution is 2.39. The van der Waals surface area contributed by atoms with Gasteiger partial charge in [0.25, 0.3) is 0 Å². The molecule has 0 unspecified atom stereocenters. The first-order chi connectivity index (χ1) is 9.17. The molecule has 1 aliphatic rings. The maximum atomic E-state index is 13.0. The first-order valence-corrected chi connectivity index (χ1v) is 7.18. The van der Waals surface area contributed by atoms with E-state index >= 15 is 0 Å². The van der Waals surface area contributed by atoms with Crippen LogP contribution < -0.4 is 5.32 Å². The van der Waals surface area contributed by atoms with Crippen molar-refractivity contribution in [1.29, 1.82) is 0 Å². The van der Waals surface area contributed by atoms with E-state index in [4.69, 9.17) is 11.6 Å². The van der Waals surface area contributed by atoms with Crippen LogP contribution in [0.2, 0.25) is 5.02 Å². The van der Waals surface area contributed by atoms with Gasteiger partial charge in [-0.1, -0.05) is 25.4 Å². The van der Waals surface area contributed by atoms with Gasteiger partial charge in [0.2, 0.25) is 0 Å². The number of anilines is 1. The molecule has 1 fully saturated rings. The van der Waals surface area contributed by atoms with Gasteiger partial charge in [-0.05, 0) is 49.3 Å². The van der Waals surface area contributed by atoms with E-state index in [0.29, 0.717) is 5.41 Å². The Hall–Kier alpha value is -0.900. The van der Waals surface area contributed by atoms with Crippen LogP contribution in [0.25, 0.3) is 0 Å². The first kappa shape index (κ1) is 15.5. The van der Waals surface area contributed by atoms with Crippen molar-refractivity contribution in [1.82, 2.24) is 0 Å². The average molecular weight is 306 g/mol. The van der Waals surface area contributed by atoms with Crippen LogP contribution in [0.5, 0.6) is 0 Å². The van der Waals surface area contributed by atoms with Crippen LogP contribution in [0.3, 0.4) is 0 Å². The number of rotatable bonds is 2. The molecule has 0 spiro atoms. The van der Waals surface area contributed by atoms with Gasteiger partial charge in [-0.15, -0.1) is 0 Å². The van der Waals surface area contributed by atoms with Gasteiger partial charge in [-0.3, -0.25) is 0 Å². The molecule has 0 radical (unpaired) electrons. The molecule has 2 rings (SSSR count). The Balaban J connectivity index is 2.14. The molecular weight excluding hydrogens is 287 g/mol. The molecule has 1 nitrogen and oxygen atoms in total. The van der Waals surface area contributed by atoms with Crippen LogP contribution >= 0.6 is 11.6 Å². The standard InChI is InChI=1S/C15H19ClF3N/c1-14(2)7-5-11(6-8-14)20-13-4-3-10(16)9-12(13)15(17,18)19/h3-4,9,11,20H,5-8H2,1-2H3. The second-order valence-corrected chi connectivity index (χ2v) is 6.71. The van der Waals surface area contributed by atoms with Crippen LogP contribution in [0.1, 0.15) is 45.1 Å². The summed E-state index contributed by atoms with van der Waals surface area (Å²) in [6.45, 7) is 4.40. The van der Waals surface area contributed by atoms with Crippen LogP contribution in [-0.4, -0.2) is 6.04 Å². The quantitative estimate of drug-likeness (QED) is 0.734. The topological polar surface area (TPSA) is 12.0 Å². The molecule has 1 saturated carbocycles. The first-order valence-electron chi connectivity index (χ1n) is 6.81. The number of hydrogen-bond donors (Lipinski definition) is 1. The summed E-state index contributed by atoms with van der Waals surface area (Å²) in [5.74, 6) is 0. The molecule has 0 aliphatic heterocycles. The average Bonchev–Trinajstić information content (AvgIpc) is 2.33. The highest BCUT2D eigenvalue weighted by molar-refractivity contribution is 6.30. The number of nitrogens with one attached hydrogen (secondary N) is 1. The maximum absolute atomic E-state index is 13.0. The van der Waals surface area contributed by atoms with Gasteiger partial charge in [-0.25, -0.2) is 0 Å². The fourth-order valence-corrected chi connectivity index (χ4v) is 2.81. The predicted octanol–water partition coefficient (Wildman–Crippen LogP) is 5.74. The molecule has 0 atom stereocenters. The Kier molecular flexibility index (Phi) is 4.24. The molecular formula is C15H19ClF3N. The molecule has 5 heteroatoms.